The Labute approximate surface area is 222 Å². The zero-order valence-electron chi connectivity index (χ0n) is 20.9. The van der Waals surface area contributed by atoms with Crippen LogP contribution >= 0.6 is 0 Å². The average Bonchev–Trinajstić information content (AvgIpc) is 3.29. The number of carboxylic acid groups (broad SMARTS) is 2. The van der Waals surface area contributed by atoms with Crippen molar-refractivity contribution in [2.45, 2.75) is 38.7 Å². The molecule has 0 spiro atoms. The molecule has 0 fully saturated rings. The van der Waals surface area contributed by atoms with Crippen LogP contribution in [0.1, 0.15) is 38.8 Å². The van der Waals surface area contributed by atoms with Crippen molar-refractivity contribution < 1.29 is 34.1 Å². The first kappa shape index (κ1) is 27.0. The van der Waals surface area contributed by atoms with E-state index in [4.69, 9.17) is 20.9 Å². The van der Waals surface area contributed by atoms with Gasteiger partial charge in [-0.25, -0.2) is 14.6 Å². The summed E-state index contributed by atoms with van der Waals surface area (Å²) in [6, 6.07) is 12.7. The summed E-state index contributed by atoms with van der Waals surface area (Å²) in [5, 5.41) is 19.4. The quantitative estimate of drug-likeness (QED) is 0.204. The van der Waals surface area contributed by atoms with Gasteiger partial charge in [-0.2, -0.15) is 9.97 Å². The highest BCUT2D eigenvalue weighted by Gasteiger charge is 2.29. The topological polar surface area (TPSA) is 206 Å². The molecule has 0 saturated carbocycles. The van der Waals surface area contributed by atoms with Gasteiger partial charge in [0.2, 0.25) is 5.95 Å². The van der Waals surface area contributed by atoms with Crippen molar-refractivity contribution in [3.8, 4) is 0 Å². The zero-order chi connectivity index (χ0) is 28.1. The van der Waals surface area contributed by atoms with Gasteiger partial charge in [-0.05, 0) is 23.3 Å². The van der Waals surface area contributed by atoms with Gasteiger partial charge in [0.1, 0.15) is 24.5 Å². The van der Waals surface area contributed by atoms with Crippen molar-refractivity contribution in [1.82, 2.24) is 19.5 Å². The SMILES string of the molecule is CC(=O)OC(Cc1ccccc1C(=O)O)C(Cc1ccccc1C(=O)O)OCn1cnc2c(N)nc(N)nc21. The molecule has 202 valence electrons. The molecule has 0 radical (unpaired) electrons. The molecule has 39 heavy (non-hydrogen) atoms. The number of nitrogens with zero attached hydrogens (tertiary/aromatic N) is 4. The minimum Gasteiger partial charge on any atom is -0.478 e. The number of fused-ring (bicyclic) bond motifs is 1. The lowest BCUT2D eigenvalue weighted by atomic mass is 9.93. The third-order valence-corrected chi connectivity index (χ3v) is 6.01. The summed E-state index contributed by atoms with van der Waals surface area (Å²) < 4.78 is 13.4. The Bertz CT molecular complexity index is 1540. The molecule has 2 atom stereocenters. The fraction of sp³-hybridized carbons (Fsp3) is 0.231. The number of ether oxygens (including phenoxy) is 2. The largest absolute Gasteiger partial charge is 0.478 e. The molecule has 6 N–H and O–H groups in total. The van der Waals surface area contributed by atoms with E-state index in [0.717, 1.165) is 0 Å². The number of nitrogens with two attached hydrogens (primary N) is 2. The lowest BCUT2D eigenvalue weighted by Crippen LogP contribution is -2.38. The predicted molar refractivity (Wildman–Crippen MR) is 139 cm³/mol. The Morgan fingerprint density at radius 1 is 0.897 bits per heavy atom. The van der Waals surface area contributed by atoms with Crippen LogP contribution in [0.2, 0.25) is 0 Å². The number of hydrogen-bond acceptors (Lipinski definition) is 10. The van der Waals surface area contributed by atoms with Crippen LogP contribution in [0.3, 0.4) is 0 Å². The van der Waals surface area contributed by atoms with Crippen LogP contribution in [-0.2, 0) is 33.8 Å². The molecule has 0 bridgehead atoms. The van der Waals surface area contributed by atoms with Crippen molar-refractivity contribution in [2.24, 2.45) is 0 Å². The average molecular weight is 535 g/mol. The maximum atomic E-state index is 12.1. The van der Waals surface area contributed by atoms with Gasteiger partial charge in [-0.1, -0.05) is 36.4 Å². The monoisotopic (exact) mass is 534 g/mol. The number of nitrogen functional groups attached to an aromatic ring is 2. The Morgan fingerprint density at radius 3 is 2.03 bits per heavy atom. The van der Waals surface area contributed by atoms with Crippen molar-refractivity contribution in [3.63, 3.8) is 0 Å². The smallest absolute Gasteiger partial charge is 0.335 e. The van der Waals surface area contributed by atoms with Gasteiger partial charge >= 0.3 is 17.9 Å². The molecule has 0 aliphatic rings. The van der Waals surface area contributed by atoms with Gasteiger partial charge in [0.05, 0.1) is 17.5 Å². The third-order valence-electron chi connectivity index (χ3n) is 6.01. The summed E-state index contributed by atoms with van der Waals surface area (Å²) in [6.45, 7) is 1.08. The van der Waals surface area contributed by atoms with E-state index in [1.54, 1.807) is 36.4 Å². The van der Waals surface area contributed by atoms with Crippen molar-refractivity contribution >= 4 is 40.8 Å². The number of carbonyl (C=O) groups excluding carboxylic acids is 1. The Kier molecular flexibility index (Phi) is 8.01. The van der Waals surface area contributed by atoms with Crippen molar-refractivity contribution in [3.05, 3.63) is 77.1 Å². The molecule has 2 heterocycles. The fourth-order valence-corrected chi connectivity index (χ4v) is 4.26. The van der Waals surface area contributed by atoms with E-state index in [-0.39, 0.29) is 42.5 Å². The number of carboxylic acids is 2. The Hall–Kier alpha value is -5.04. The number of carbonyl (C=O) groups is 3. The minimum atomic E-state index is -1.14. The fourth-order valence-electron chi connectivity index (χ4n) is 4.26. The molecule has 2 aromatic heterocycles. The third kappa shape index (κ3) is 6.27. The van der Waals surface area contributed by atoms with E-state index in [9.17, 15) is 24.6 Å². The predicted octanol–water partition coefficient (Wildman–Crippen LogP) is 2.15. The molecule has 0 aliphatic heterocycles. The molecule has 0 amide bonds. The summed E-state index contributed by atoms with van der Waals surface area (Å²) >= 11 is 0. The van der Waals surface area contributed by atoms with Gasteiger partial charge < -0.3 is 31.2 Å². The summed E-state index contributed by atoms with van der Waals surface area (Å²) in [7, 11) is 0. The molecular weight excluding hydrogens is 508 g/mol. The summed E-state index contributed by atoms with van der Waals surface area (Å²) in [5.74, 6) is -2.86. The number of imidazole rings is 1. The molecule has 4 rings (SSSR count). The first-order valence-corrected chi connectivity index (χ1v) is 11.8. The lowest BCUT2D eigenvalue weighted by molar-refractivity contribution is -0.157. The molecule has 0 aliphatic carbocycles. The molecular formula is C26H26N6O7. The number of aromatic nitrogens is 4. The summed E-state index contributed by atoms with van der Waals surface area (Å²) in [5.41, 5.74) is 13.2. The summed E-state index contributed by atoms with van der Waals surface area (Å²) in [4.78, 5) is 48.1. The minimum absolute atomic E-state index is 0.00526. The van der Waals surface area contributed by atoms with Crippen molar-refractivity contribution in [2.75, 3.05) is 11.5 Å². The second-order valence-electron chi connectivity index (χ2n) is 8.67. The Balaban J connectivity index is 1.72. The first-order valence-electron chi connectivity index (χ1n) is 11.8. The van der Waals surface area contributed by atoms with Crippen LogP contribution in [-0.4, -0.2) is 59.8 Å². The summed E-state index contributed by atoms with van der Waals surface area (Å²) in [6.07, 6.45) is -0.441. The molecule has 13 nitrogen and oxygen atoms in total. The number of hydrogen-bond donors (Lipinski definition) is 4. The van der Waals surface area contributed by atoms with Crippen LogP contribution in [0.25, 0.3) is 11.2 Å². The highest BCUT2D eigenvalue weighted by molar-refractivity contribution is 5.90. The van der Waals surface area contributed by atoms with Gasteiger partial charge in [0.15, 0.2) is 11.5 Å². The number of aromatic carboxylic acids is 2. The highest BCUT2D eigenvalue weighted by Crippen LogP contribution is 2.23. The van der Waals surface area contributed by atoms with E-state index in [1.165, 1.54) is 30.0 Å². The highest BCUT2D eigenvalue weighted by atomic mass is 16.6. The van der Waals surface area contributed by atoms with Crippen LogP contribution in [0.15, 0.2) is 54.9 Å². The second-order valence-corrected chi connectivity index (χ2v) is 8.67. The number of esters is 1. The molecule has 13 heteroatoms. The Morgan fingerprint density at radius 2 is 1.46 bits per heavy atom. The number of benzene rings is 2. The van der Waals surface area contributed by atoms with E-state index in [1.807, 2.05) is 0 Å². The molecule has 2 unspecified atom stereocenters. The van der Waals surface area contributed by atoms with Crippen LogP contribution in [0, 0.1) is 0 Å². The molecule has 0 saturated heterocycles. The number of rotatable bonds is 11. The van der Waals surface area contributed by atoms with Crippen molar-refractivity contribution in [1.29, 1.82) is 0 Å². The van der Waals surface area contributed by atoms with E-state index < -0.39 is 30.1 Å². The van der Waals surface area contributed by atoms with Gasteiger partial charge in [0.25, 0.3) is 0 Å². The molecule has 4 aromatic rings. The normalized spacial score (nSPS) is 12.6. The van der Waals surface area contributed by atoms with Crippen LogP contribution < -0.4 is 11.5 Å². The van der Waals surface area contributed by atoms with Crippen LogP contribution in [0.5, 0.6) is 0 Å². The van der Waals surface area contributed by atoms with E-state index >= 15 is 0 Å². The van der Waals surface area contributed by atoms with Gasteiger partial charge in [-0.15, -0.1) is 0 Å². The second kappa shape index (κ2) is 11.6. The lowest BCUT2D eigenvalue weighted by Gasteiger charge is -2.28. The van der Waals surface area contributed by atoms with Gasteiger partial charge in [0, 0.05) is 19.8 Å². The zero-order valence-corrected chi connectivity index (χ0v) is 20.9. The standard InChI is InChI=1S/C26H26N6O7/c1-14(33)39-20(11-16-7-3-5-9-18(16)25(36)37)19(10-15-6-2-4-8-17(15)24(34)35)38-13-32-12-29-21-22(27)30-26(28)31-23(21)32/h2-9,12,19-20H,10-11,13H2,1H3,(H,34,35)(H,36,37)(H4,27,28,30,31). The van der Waals surface area contributed by atoms with Gasteiger partial charge in [-0.3, -0.25) is 9.36 Å². The van der Waals surface area contributed by atoms with Crippen LogP contribution in [0.4, 0.5) is 11.8 Å². The van der Waals surface area contributed by atoms with E-state index in [2.05, 4.69) is 15.0 Å². The number of anilines is 2. The van der Waals surface area contributed by atoms with E-state index in [0.29, 0.717) is 22.3 Å². The maximum absolute atomic E-state index is 12.1. The first-order chi connectivity index (χ1) is 18.6. The maximum Gasteiger partial charge on any atom is 0.335 e. The molecule has 2 aromatic carbocycles.